The third kappa shape index (κ3) is 2.33. The summed E-state index contributed by atoms with van der Waals surface area (Å²) in [5, 5.41) is 21.3. The van der Waals surface area contributed by atoms with Crippen molar-refractivity contribution in [3.8, 4) is 0 Å². The molecule has 3 rings (SSSR count). The molecule has 1 aromatic carbocycles. The summed E-state index contributed by atoms with van der Waals surface area (Å²) >= 11 is 0. The van der Waals surface area contributed by atoms with Gasteiger partial charge in [0.05, 0.1) is 6.10 Å². The van der Waals surface area contributed by atoms with Gasteiger partial charge in [-0.25, -0.2) is 4.98 Å². The van der Waals surface area contributed by atoms with Gasteiger partial charge in [-0.1, -0.05) is 30.3 Å². The van der Waals surface area contributed by atoms with E-state index in [1.54, 1.807) is 6.20 Å². The van der Waals surface area contributed by atoms with Crippen LogP contribution in [0.2, 0.25) is 0 Å². The van der Waals surface area contributed by atoms with Crippen molar-refractivity contribution in [1.29, 1.82) is 0 Å². The fraction of sp³-hybridized carbons (Fsp3) is 0.214. The summed E-state index contributed by atoms with van der Waals surface area (Å²) in [6.07, 6.45) is 2.90. The van der Waals surface area contributed by atoms with Gasteiger partial charge in [0.25, 0.3) is 0 Å². The Bertz CT molecular complexity index is 710. The quantitative estimate of drug-likeness (QED) is 0.752. The summed E-state index contributed by atoms with van der Waals surface area (Å²) in [5.74, 6) is 1.41. The zero-order chi connectivity index (χ0) is 13.9. The number of aryl methyl sites for hydroxylation is 1. The van der Waals surface area contributed by atoms with Gasteiger partial charge >= 0.3 is 0 Å². The summed E-state index contributed by atoms with van der Waals surface area (Å²) < 4.78 is 1.85. The molecule has 6 nitrogen and oxygen atoms in total. The molecule has 1 unspecified atom stereocenters. The van der Waals surface area contributed by atoms with Crippen molar-refractivity contribution in [2.75, 3.05) is 11.9 Å². The summed E-state index contributed by atoms with van der Waals surface area (Å²) in [6.45, 7) is 2.24. The Morgan fingerprint density at radius 1 is 1.25 bits per heavy atom. The van der Waals surface area contributed by atoms with Crippen molar-refractivity contribution in [1.82, 2.24) is 19.6 Å². The Hall–Kier alpha value is -2.47. The molecule has 2 N–H and O–H groups in total. The predicted molar refractivity (Wildman–Crippen MR) is 75.4 cm³/mol. The first-order valence-electron chi connectivity index (χ1n) is 6.39. The maximum absolute atomic E-state index is 10.1. The number of benzene rings is 1. The van der Waals surface area contributed by atoms with E-state index in [0.29, 0.717) is 18.0 Å². The van der Waals surface area contributed by atoms with E-state index >= 15 is 0 Å². The molecule has 0 amide bonds. The highest BCUT2D eigenvalue weighted by Crippen LogP contribution is 2.16. The molecule has 3 aromatic rings. The molecule has 0 fully saturated rings. The van der Waals surface area contributed by atoms with Gasteiger partial charge in [0, 0.05) is 18.9 Å². The number of fused-ring (bicyclic) bond motifs is 1. The minimum absolute atomic E-state index is 0.364. The van der Waals surface area contributed by atoms with Gasteiger partial charge in [0.2, 0.25) is 5.65 Å². The first kappa shape index (κ1) is 12.6. The largest absolute Gasteiger partial charge is 0.387 e. The average molecular weight is 269 g/mol. The van der Waals surface area contributed by atoms with E-state index in [2.05, 4.69) is 20.5 Å². The molecule has 0 aliphatic rings. The molecule has 0 radical (unpaired) electrons. The van der Waals surface area contributed by atoms with Crippen molar-refractivity contribution in [2.24, 2.45) is 0 Å². The normalized spacial score (nSPS) is 12.5. The number of anilines is 1. The fourth-order valence-corrected chi connectivity index (χ4v) is 2.05. The Morgan fingerprint density at radius 3 is 2.85 bits per heavy atom. The fourth-order valence-electron chi connectivity index (χ4n) is 2.05. The van der Waals surface area contributed by atoms with Crippen molar-refractivity contribution < 1.29 is 5.11 Å². The van der Waals surface area contributed by atoms with Gasteiger partial charge in [-0.05, 0) is 12.5 Å². The van der Waals surface area contributed by atoms with Crippen LogP contribution in [-0.2, 0) is 0 Å². The number of nitrogens with zero attached hydrogens (tertiary/aromatic N) is 4. The van der Waals surface area contributed by atoms with Crippen LogP contribution in [0.1, 0.15) is 17.5 Å². The van der Waals surface area contributed by atoms with Crippen molar-refractivity contribution in [2.45, 2.75) is 13.0 Å². The van der Waals surface area contributed by atoms with Crippen LogP contribution in [0.25, 0.3) is 5.65 Å². The number of aromatic nitrogens is 4. The molecule has 1 atom stereocenters. The number of rotatable bonds is 4. The number of nitrogens with one attached hydrogen (secondary N) is 1. The maximum atomic E-state index is 10.1. The summed E-state index contributed by atoms with van der Waals surface area (Å²) in [7, 11) is 0. The van der Waals surface area contributed by atoms with Gasteiger partial charge in [0.1, 0.15) is 5.82 Å². The minimum Gasteiger partial charge on any atom is -0.387 e. The average Bonchev–Trinajstić information content (AvgIpc) is 2.88. The lowest BCUT2D eigenvalue weighted by molar-refractivity contribution is 0.191. The van der Waals surface area contributed by atoms with Crippen LogP contribution < -0.4 is 5.32 Å². The topological polar surface area (TPSA) is 75.3 Å². The lowest BCUT2D eigenvalue weighted by Gasteiger charge is -2.12. The van der Waals surface area contributed by atoms with E-state index in [9.17, 15) is 5.11 Å². The molecule has 0 bridgehead atoms. The molecular formula is C14H15N5O. The molecule has 0 spiro atoms. The highest BCUT2D eigenvalue weighted by Gasteiger charge is 2.10. The molecule has 6 heteroatoms. The van der Waals surface area contributed by atoms with Crippen molar-refractivity contribution in [3.63, 3.8) is 0 Å². The SMILES string of the molecule is Cc1nnc2c(NCC(O)c3ccccc3)nccn12. The van der Waals surface area contributed by atoms with Crippen LogP contribution in [0.5, 0.6) is 0 Å². The minimum atomic E-state index is -0.595. The van der Waals surface area contributed by atoms with E-state index in [0.717, 1.165) is 11.4 Å². The zero-order valence-corrected chi connectivity index (χ0v) is 11.1. The van der Waals surface area contributed by atoms with E-state index in [1.807, 2.05) is 47.9 Å². The van der Waals surface area contributed by atoms with E-state index in [1.165, 1.54) is 0 Å². The van der Waals surface area contributed by atoms with Gasteiger partial charge in [0.15, 0.2) is 5.82 Å². The number of hydrogen-bond donors (Lipinski definition) is 2. The summed E-state index contributed by atoms with van der Waals surface area (Å²) in [5.41, 5.74) is 1.52. The van der Waals surface area contributed by atoms with Crippen molar-refractivity contribution in [3.05, 3.63) is 54.1 Å². The second-order valence-electron chi connectivity index (χ2n) is 4.52. The standard InChI is InChI=1S/C14H15N5O/c1-10-17-18-14-13(15-7-8-19(10)14)16-9-12(20)11-5-3-2-4-6-11/h2-8,12,20H,9H2,1H3,(H,15,16). The van der Waals surface area contributed by atoms with Crippen LogP contribution >= 0.6 is 0 Å². The maximum Gasteiger partial charge on any atom is 0.203 e. The second-order valence-corrected chi connectivity index (χ2v) is 4.52. The lowest BCUT2D eigenvalue weighted by Crippen LogP contribution is -2.13. The smallest absolute Gasteiger partial charge is 0.203 e. The van der Waals surface area contributed by atoms with Crippen LogP contribution in [0.4, 0.5) is 5.82 Å². The van der Waals surface area contributed by atoms with Crippen LogP contribution in [-0.4, -0.2) is 31.2 Å². The van der Waals surface area contributed by atoms with Crippen LogP contribution in [0.3, 0.4) is 0 Å². The number of aliphatic hydroxyl groups is 1. The summed E-state index contributed by atoms with van der Waals surface area (Å²) in [6, 6.07) is 9.51. The van der Waals surface area contributed by atoms with Gasteiger partial charge in [-0.2, -0.15) is 0 Å². The molecule has 2 heterocycles. The third-order valence-electron chi connectivity index (χ3n) is 3.14. The monoisotopic (exact) mass is 269 g/mol. The van der Waals surface area contributed by atoms with Crippen LogP contribution in [0, 0.1) is 6.92 Å². The molecule has 102 valence electrons. The molecule has 2 aromatic heterocycles. The molecule has 0 aliphatic heterocycles. The van der Waals surface area contributed by atoms with Gasteiger partial charge in [-0.3, -0.25) is 4.40 Å². The first-order chi connectivity index (χ1) is 9.75. The molecule has 0 saturated heterocycles. The van der Waals surface area contributed by atoms with Crippen molar-refractivity contribution >= 4 is 11.5 Å². The van der Waals surface area contributed by atoms with Gasteiger partial charge in [-0.15, -0.1) is 10.2 Å². The van der Waals surface area contributed by atoms with E-state index in [4.69, 9.17) is 0 Å². The summed E-state index contributed by atoms with van der Waals surface area (Å²) in [4.78, 5) is 4.24. The van der Waals surface area contributed by atoms with Gasteiger partial charge < -0.3 is 10.4 Å². The Labute approximate surface area is 116 Å². The predicted octanol–water partition coefficient (Wildman–Crippen LogP) is 1.58. The number of hydrogen-bond acceptors (Lipinski definition) is 5. The lowest BCUT2D eigenvalue weighted by atomic mass is 10.1. The third-order valence-corrected chi connectivity index (χ3v) is 3.14. The number of aliphatic hydroxyl groups excluding tert-OH is 1. The molecule has 0 saturated carbocycles. The Kier molecular flexibility index (Phi) is 3.30. The highest BCUT2D eigenvalue weighted by molar-refractivity contribution is 5.62. The first-order valence-corrected chi connectivity index (χ1v) is 6.39. The van der Waals surface area contributed by atoms with Crippen LogP contribution in [0.15, 0.2) is 42.7 Å². The Balaban J connectivity index is 1.77. The molecular weight excluding hydrogens is 254 g/mol. The van der Waals surface area contributed by atoms with E-state index < -0.39 is 6.10 Å². The Morgan fingerprint density at radius 2 is 2.05 bits per heavy atom. The zero-order valence-electron chi connectivity index (χ0n) is 11.1. The molecule has 0 aliphatic carbocycles. The highest BCUT2D eigenvalue weighted by atomic mass is 16.3. The van der Waals surface area contributed by atoms with E-state index in [-0.39, 0.29) is 0 Å². The molecule has 20 heavy (non-hydrogen) atoms. The second kappa shape index (κ2) is 5.26.